The summed E-state index contributed by atoms with van der Waals surface area (Å²) in [7, 11) is 0. The van der Waals surface area contributed by atoms with Crippen LogP contribution in [0.5, 0.6) is 0 Å². The van der Waals surface area contributed by atoms with Gasteiger partial charge in [0.2, 0.25) is 5.91 Å². The zero-order valence-electron chi connectivity index (χ0n) is 16.1. The van der Waals surface area contributed by atoms with Gasteiger partial charge in [-0.1, -0.05) is 37.5 Å². The van der Waals surface area contributed by atoms with Gasteiger partial charge in [0.15, 0.2) is 6.61 Å². The maximum Gasteiger partial charge on any atom is 0.311 e. The Morgan fingerprint density at radius 1 is 1.19 bits per heavy atom. The molecule has 2 amide bonds. The molecule has 2 aliphatic rings. The quantitative estimate of drug-likeness (QED) is 0.806. The van der Waals surface area contributed by atoms with Crippen LogP contribution < -0.4 is 10.2 Å². The van der Waals surface area contributed by atoms with Crippen LogP contribution in [-0.2, 0) is 19.1 Å². The molecule has 1 saturated carbocycles. The number of anilines is 1. The van der Waals surface area contributed by atoms with Crippen molar-refractivity contribution in [2.75, 3.05) is 18.1 Å². The molecule has 1 heterocycles. The van der Waals surface area contributed by atoms with Crippen molar-refractivity contribution in [1.82, 2.24) is 5.32 Å². The van der Waals surface area contributed by atoms with Crippen LogP contribution in [0.1, 0.15) is 44.6 Å². The summed E-state index contributed by atoms with van der Waals surface area (Å²) in [5.41, 5.74) is 1.89. The second-order valence-electron chi connectivity index (χ2n) is 7.78. The van der Waals surface area contributed by atoms with E-state index in [1.54, 1.807) is 4.90 Å². The maximum absolute atomic E-state index is 12.3. The number of esters is 1. The Kier molecular flexibility index (Phi) is 6.14. The molecule has 3 unspecified atom stereocenters. The minimum Gasteiger partial charge on any atom is -0.455 e. The smallest absolute Gasteiger partial charge is 0.311 e. The van der Waals surface area contributed by atoms with E-state index >= 15 is 0 Å². The van der Waals surface area contributed by atoms with Gasteiger partial charge in [0.05, 0.1) is 5.92 Å². The van der Waals surface area contributed by atoms with Crippen LogP contribution in [0, 0.1) is 18.8 Å². The molecule has 1 aliphatic carbocycles. The zero-order valence-corrected chi connectivity index (χ0v) is 16.1. The van der Waals surface area contributed by atoms with Gasteiger partial charge >= 0.3 is 5.97 Å². The third-order valence-corrected chi connectivity index (χ3v) is 5.61. The molecule has 1 aromatic rings. The Morgan fingerprint density at radius 2 is 1.89 bits per heavy atom. The van der Waals surface area contributed by atoms with Crippen molar-refractivity contribution in [3.8, 4) is 0 Å². The van der Waals surface area contributed by atoms with Gasteiger partial charge in [-0.25, -0.2) is 0 Å². The van der Waals surface area contributed by atoms with Gasteiger partial charge in [-0.05, 0) is 37.8 Å². The number of ether oxygens (including phenoxy) is 1. The minimum atomic E-state index is -0.528. The van der Waals surface area contributed by atoms with Crippen molar-refractivity contribution >= 4 is 23.5 Å². The van der Waals surface area contributed by atoms with E-state index < -0.39 is 11.9 Å². The monoisotopic (exact) mass is 372 g/mol. The van der Waals surface area contributed by atoms with Crippen LogP contribution in [-0.4, -0.2) is 37.0 Å². The van der Waals surface area contributed by atoms with E-state index in [4.69, 9.17) is 4.74 Å². The average molecular weight is 372 g/mol. The number of amides is 2. The predicted octanol–water partition coefficient (Wildman–Crippen LogP) is 2.59. The summed E-state index contributed by atoms with van der Waals surface area (Å²) < 4.78 is 5.19. The first-order chi connectivity index (χ1) is 12.9. The highest BCUT2D eigenvalue weighted by molar-refractivity contribution is 5.99. The molecule has 27 heavy (non-hydrogen) atoms. The summed E-state index contributed by atoms with van der Waals surface area (Å²) in [6.07, 6.45) is 4.53. The first kappa shape index (κ1) is 19.4. The third-order valence-electron chi connectivity index (χ3n) is 5.61. The topological polar surface area (TPSA) is 75.7 Å². The highest BCUT2D eigenvalue weighted by Crippen LogP contribution is 2.26. The lowest BCUT2D eigenvalue weighted by Crippen LogP contribution is -2.43. The molecular weight excluding hydrogens is 344 g/mol. The van der Waals surface area contributed by atoms with Crippen molar-refractivity contribution < 1.29 is 19.1 Å². The van der Waals surface area contributed by atoms with E-state index in [0.29, 0.717) is 12.5 Å². The van der Waals surface area contributed by atoms with Crippen LogP contribution in [0.15, 0.2) is 24.3 Å². The molecule has 3 rings (SSSR count). The molecule has 0 aromatic heterocycles. The molecular formula is C21H28N2O4. The summed E-state index contributed by atoms with van der Waals surface area (Å²) >= 11 is 0. The summed E-state index contributed by atoms with van der Waals surface area (Å²) in [5, 5.41) is 2.97. The van der Waals surface area contributed by atoms with Gasteiger partial charge in [-0.3, -0.25) is 14.4 Å². The van der Waals surface area contributed by atoms with Gasteiger partial charge in [0.1, 0.15) is 0 Å². The predicted molar refractivity (Wildman–Crippen MR) is 102 cm³/mol. The standard InChI is InChI=1S/C21H28N2O4/c1-14-7-9-17(10-8-14)23-12-16(11-20(23)25)21(26)27-13-19(24)22-18-6-4-3-5-15(18)2/h7-10,15-16,18H,3-6,11-13H2,1-2H3,(H,22,24). The lowest BCUT2D eigenvalue weighted by molar-refractivity contribution is -0.152. The lowest BCUT2D eigenvalue weighted by atomic mass is 9.86. The molecule has 146 valence electrons. The molecule has 6 heteroatoms. The molecule has 2 fully saturated rings. The van der Waals surface area contributed by atoms with Crippen molar-refractivity contribution in [2.24, 2.45) is 11.8 Å². The third kappa shape index (κ3) is 4.87. The van der Waals surface area contributed by atoms with E-state index in [0.717, 1.165) is 30.5 Å². The van der Waals surface area contributed by atoms with Gasteiger partial charge < -0.3 is 15.0 Å². The number of carbonyl (C=O) groups excluding carboxylic acids is 3. The number of carbonyl (C=O) groups is 3. The summed E-state index contributed by atoms with van der Waals surface area (Å²) in [5.74, 6) is -0.915. The fraction of sp³-hybridized carbons (Fsp3) is 0.571. The Labute approximate surface area is 160 Å². The summed E-state index contributed by atoms with van der Waals surface area (Å²) in [6, 6.07) is 7.78. The van der Waals surface area contributed by atoms with Crippen LogP contribution in [0.25, 0.3) is 0 Å². The molecule has 0 spiro atoms. The zero-order chi connectivity index (χ0) is 19.4. The lowest BCUT2D eigenvalue weighted by Gasteiger charge is -2.29. The molecule has 0 radical (unpaired) electrons. The van der Waals surface area contributed by atoms with Gasteiger partial charge in [0, 0.05) is 24.7 Å². The molecule has 1 aliphatic heterocycles. The second-order valence-corrected chi connectivity index (χ2v) is 7.78. The summed E-state index contributed by atoms with van der Waals surface area (Å²) in [6.45, 7) is 4.13. The normalized spacial score (nSPS) is 25.3. The molecule has 6 nitrogen and oxygen atoms in total. The largest absolute Gasteiger partial charge is 0.455 e. The Hall–Kier alpha value is -2.37. The van der Waals surface area contributed by atoms with E-state index in [1.807, 2.05) is 31.2 Å². The SMILES string of the molecule is Cc1ccc(N2CC(C(=O)OCC(=O)NC3CCCCC3C)CC2=O)cc1. The Balaban J connectivity index is 1.47. The van der Waals surface area contributed by atoms with Crippen LogP contribution in [0.2, 0.25) is 0 Å². The van der Waals surface area contributed by atoms with E-state index in [9.17, 15) is 14.4 Å². The number of nitrogens with zero attached hydrogens (tertiary/aromatic N) is 1. The number of aryl methyl sites for hydroxylation is 1. The van der Waals surface area contributed by atoms with Crippen LogP contribution in [0.3, 0.4) is 0 Å². The minimum absolute atomic E-state index is 0.0960. The van der Waals surface area contributed by atoms with E-state index in [2.05, 4.69) is 12.2 Å². The number of benzene rings is 1. The van der Waals surface area contributed by atoms with Crippen LogP contribution >= 0.6 is 0 Å². The highest BCUT2D eigenvalue weighted by Gasteiger charge is 2.36. The van der Waals surface area contributed by atoms with E-state index in [-0.39, 0.29) is 30.9 Å². The van der Waals surface area contributed by atoms with E-state index in [1.165, 1.54) is 6.42 Å². The molecule has 1 saturated heterocycles. The number of rotatable bonds is 5. The van der Waals surface area contributed by atoms with Crippen molar-refractivity contribution in [1.29, 1.82) is 0 Å². The van der Waals surface area contributed by atoms with Crippen molar-refractivity contribution in [3.05, 3.63) is 29.8 Å². The number of nitrogens with one attached hydrogen (secondary N) is 1. The average Bonchev–Trinajstić information content (AvgIpc) is 3.04. The molecule has 3 atom stereocenters. The first-order valence-corrected chi connectivity index (χ1v) is 9.77. The van der Waals surface area contributed by atoms with Gasteiger partial charge in [0.25, 0.3) is 5.91 Å². The summed E-state index contributed by atoms with van der Waals surface area (Å²) in [4.78, 5) is 38.3. The second kappa shape index (κ2) is 8.55. The van der Waals surface area contributed by atoms with Gasteiger partial charge in [-0.15, -0.1) is 0 Å². The van der Waals surface area contributed by atoms with Crippen LogP contribution in [0.4, 0.5) is 5.69 Å². The van der Waals surface area contributed by atoms with Crippen molar-refractivity contribution in [3.63, 3.8) is 0 Å². The van der Waals surface area contributed by atoms with Crippen molar-refractivity contribution in [2.45, 2.75) is 52.0 Å². The fourth-order valence-corrected chi connectivity index (χ4v) is 3.87. The molecule has 1 aromatic carbocycles. The number of hydrogen-bond acceptors (Lipinski definition) is 4. The highest BCUT2D eigenvalue weighted by atomic mass is 16.5. The van der Waals surface area contributed by atoms with Gasteiger partial charge in [-0.2, -0.15) is 0 Å². The number of hydrogen-bond donors (Lipinski definition) is 1. The Morgan fingerprint density at radius 3 is 2.59 bits per heavy atom. The first-order valence-electron chi connectivity index (χ1n) is 9.77. The molecule has 0 bridgehead atoms. The fourth-order valence-electron chi connectivity index (χ4n) is 3.87. The Bertz CT molecular complexity index is 701. The molecule has 1 N–H and O–H groups in total. The maximum atomic E-state index is 12.3.